The third kappa shape index (κ3) is 3.82. The van der Waals surface area contributed by atoms with Gasteiger partial charge in [0.15, 0.2) is 0 Å². The van der Waals surface area contributed by atoms with Crippen molar-refractivity contribution in [1.29, 1.82) is 0 Å². The summed E-state index contributed by atoms with van der Waals surface area (Å²) in [7, 11) is 1.77. The zero-order valence-electron chi connectivity index (χ0n) is 13.7. The van der Waals surface area contributed by atoms with Gasteiger partial charge in [-0.3, -0.25) is 19.3 Å². The van der Waals surface area contributed by atoms with Crippen LogP contribution in [0.5, 0.6) is 0 Å². The number of carbonyl (C=O) groups is 3. The molecule has 0 bridgehead atoms. The molecule has 1 aliphatic heterocycles. The summed E-state index contributed by atoms with van der Waals surface area (Å²) in [6, 6.07) is 9.01. The van der Waals surface area contributed by atoms with Gasteiger partial charge in [0.2, 0.25) is 5.91 Å². The van der Waals surface area contributed by atoms with Crippen LogP contribution in [-0.2, 0) is 11.3 Å². The lowest BCUT2D eigenvalue weighted by Crippen LogP contribution is -2.32. The van der Waals surface area contributed by atoms with Crippen molar-refractivity contribution in [3.05, 3.63) is 56.2 Å². The number of nitrogens with zero attached hydrogens (tertiary/aromatic N) is 2. The summed E-state index contributed by atoms with van der Waals surface area (Å²) in [5.74, 6) is -0.569. The molecule has 130 valence electrons. The van der Waals surface area contributed by atoms with Gasteiger partial charge in [0, 0.05) is 29.4 Å². The zero-order chi connectivity index (χ0) is 18.0. The highest BCUT2D eigenvalue weighted by molar-refractivity contribution is 9.10. The summed E-state index contributed by atoms with van der Waals surface area (Å²) >= 11 is 4.93. The topological polar surface area (TPSA) is 57.7 Å². The summed E-state index contributed by atoms with van der Waals surface area (Å²) in [4.78, 5) is 40.9. The van der Waals surface area contributed by atoms with Gasteiger partial charge >= 0.3 is 0 Å². The van der Waals surface area contributed by atoms with E-state index in [1.165, 1.54) is 4.90 Å². The summed E-state index contributed by atoms with van der Waals surface area (Å²) in [5.41, 5.74) is 0.842. The molecule has 5 nitrogen and oxygen atoms in total. The molecule has 0 unspecified atom stereocenters. The van der Waals surface area contributed by atoms with Crippen LogP contribution in [0.25, 0.3) is 0 Å². The van der Waals surface area contributed by atoms with Crippen LogP contribution in [0, 0.1) is 0 Å². The minimum atomic E-state index is -0.291. The number of benzene rings is 1. The number of amides is 3. The van der Waals surface area contributed by atoms with Gasteiger partial charge in [-0.2, -0.15) is 0 Å². The highest BCUT2D eigenvalue weighted by Crippen LogP contribution is 2.26. The molecule has 7 heteroatoms. The standard InChI is InChI=1S/C18H17BrN2O3S/c1-20(11-13-4-3-9-25-13)16(22)5-2-8-21-17(23)14-7-6-12(19)10-15(14)18(21)24/h3-4,6-7,9-10H,2,5,8,11H2,1H3. The maximum Gasteiger partial charge on any atom is 0.261 e. The lowest BCUT2D eigenvalue weighted by Gasteiger charge is -2.18. The van der Waals surface area contributed by atoms with Crippen molar-refractivity contribution in [3.8, 4) is 0 Å². The van der Waals surface area contributed by atoms with Gasteiger partial charge in [-0.15, -0.1) is 11.3 Å². The molecule has 0 radical (unpaired) electrons. The molecule has 0 atom stereocenters. The summed E-state index contributed by atoms with van der Waals surface area (Å²) < 4.78 is 0.764. The molecule has 25 heavy (non-hydrogen) atoms. The van der Waals surface area contributed by atoms with Crippen LogP contribution in [0.1, 0.15) is 38.4 Å². The van der Waals surface area contributed by atoms with Crippen LogP contribution in [0.15, 0.2) is 40.2 Å². The summed E-state index contributed by atoms with van der Waals surface area (Å²) in [6.45, 7) is 0.833. The van der Waals surface area contributed by atoms with Crippen molar-refractivity contribution in [2.24, 2.45) is 0 Å². The Morgan fingerprint density at radius 1 is 1.20 bits per heavy atom. The van der Waals surface area contributed by atoms with E-state index >= 15 is 0 Å². The maximum atomic E-state index is 12.4. The second-order valence-electron chi connectivity index (χ2n) is 5.88. The monoisotopic (exact) mass is 420 g/mol. The Kier molecular flexibility index (Phi) is 5.34. The lowest BCUT2D eigenvalue weighted by atomic mass is 10.1. The van der Waals surface area contributed by atoms with E-state index in [1.54, 1.807) is 41.5 Å². The van der Waals surface area contributed by atoms with Crippen LogP contribution in [-0.4, -0.2) is 41.1 Å². The average molecular weight is 421 g/mol. The minimum Gasteiger partial charge on any atom is -0.341 e. The normalized spacial score (nSPS) is 13.3. The predicted octanol–water partition coefficient (Wildman–Crippen LogP) is 3.55. The Bertz CT molecular complexity index is 820. The molecule has 3 amide bonds. The molecule has 1 aromatic heterocycles. The molecule has 1 aliphatic rings. The Morgan fingerprint density at radius 3 is 2.68 bits per heavy atom. The van der Waals surface area contributed by atoms with Crippen molar-refractivity contribution in [2.75, 3.05) is 13.6 Å². The van der Waals surface area contributed by atoms with E-state index in [2.05, 4.69) is 15.9 Å². The fourth-order valence-corrected chi connectivity index (χ4v) is 3.89. The third-order valence-corrected chi connectivity index (χ3v) is 5.46. The molecule has 0 N–H and O–H groups in total. The highest BCUT2D eigenvalue weighted by Gasteiger charge is 2.35. The van der Waals surface area contributed by atoms with Gasteiger partial charge in [-0.25, -0.2) is 0 Å². The third-order valence-electron chi connectivity index (χ3n) is 4.10. The van der Waals surface area contributed by atoms with Crippen molar-refractivity contribution in [1.82, 2.24) is 9.80 Å². The Labute approximate surface area is 158 Å². The van der Waals surface area contributed by atoms with E-state index in [1.807, 2.05) is 17.5 Å². The molecule has 3 rings (SSSR count). The van der Waals surface area contributed by atoms with E-state index < -0.39 is 0 Å². The number of rotatable bonds is 6. The maximum absolute atomic E-state index is 12.4. The number of fused-ring (bicyclic) bond motifs is 1. The number of halogens is 1. The molecule has 1 aromatic carbocycles. The summed E-state index contributed by atoms with van der Waals surface area (Å²) in [5, 5.41) is 1.98. The number of hydrogen-bond acceptors (Lipinski definition) is 4. The lowest BCUT2D eigenvalue weighted by molar-refractivity contribution is -0.130. The highest BCUT2D eigenvalue weighted by atomic mass is 79.9. The quantitative estimate of drug-likeness (QED) is 0.671. The number of imide groups is 1. The van der Waals surface area contributed by atoms with Crippen molar-refractivity contribution >= 4 is 45.0 Å². The van der Waals surface area contributed by atoms with E-state index in [4.69, 9.17) is 0 Å². The molecular weight excluding hydrogens is 404 g/mol. The van der Waals surface area contributed by atoms with Gasteiger partial charge in [0.1, 0.15) is 0 Å². The van der Waals surface area contributed by atoms with Crippen LogP contribution >= 0.6 is 27.3 Å². The number of carbonyl (C=O) groups excluding carboxylic acids is 3. The van der Waals surface area contributed by atoms with E-state index in [0.717, 1.165) is 9.35 Å². The van der Waals surface area contributed by atoms with E-state index in [0.29, 0.717) is 30.5 Å². The van der Waals surface area contributed by atoms with Crippen molar-refractivity contribution in [3.63, 3.8) is 0 Å². The first-order chi connectivity index (χ1) is 12.0. The van der Waals surface area contributed by atoms with Crippen LogP contribution < -0.4 is 0 Å². The van der Waals surface area contributed by atoms with Gasteiger partial charge in [-0.05, 0) is 36.1 Å². The first-order valence-corrected chi connectivity index (χ1v) is 9.56. The molecule has 0 aliphatic carbocycles. The summed E-state index contributed by atoms with van der Waals surface area (Å²) in [6.07, 6.45) is 0.763. The van der Waals surface area contributed by atoms with Crippen molar-refractivity contribution in [2.45, 2.75) is 19.4 Å². The van der Waals surface area contributed by atoms with Gasteiger partial charge in [0.05, 0.1) is 17.7 Å². The zero-order valence-corrected chi connectivity index (χ0v) is 16.1. The first kappa shape index (κ1) is 17.8. The smallest absolute Gasteiger partial charge is 0.261 e. The second-order valence-corrected chi connectivity index (χ2v) is 7.83. The molecule has 2 aromatic rings. The fraction of sp³-hybridized carbons (Fsp3) is 0.278. The molecular formula is C18H17BrN2O3S. The largest absolute Gasteiger partial charge is 0.341 e. The number of hydrogen-bond donors (Lipinski definition) is 0. The molecule has 0 saturated heterocycles. The SMILES string of the molecule is CN(Cc1cccs1)C(=O)CCCN1C(=O)c2ccc(Br)cc2C1=O. The van der Waals surface area contributed by atoms with Crippen molar-refractivity contribution < 1.29 is 14.4 Å². The van der Waals surface area contributed by atoms with Gasteiger partial charge < -0.3 is 4.90 Å². The Morgan fingerprint density at radius 2 is 1.96 bits per heavy atom. The van der Waals surface area contributed by atoms with Gasteiger partial charge in [0.25, 0.3) is 11.8 Å². The van der Waals surface area contributed by atoms with E-state index in [-0.39, 0.29) is 24.3 Å². The average Bonchev–Trinajstić information content (AvgIpc) is 3.17. The Balaban J connectivity index is 1.53. The fourth-order valence-electron chi connectivity index (χ4n) is 2.77. The molecule has 2 heterocycles. The molecule has 0 saturated carbocycles. The minimum absolute atomic E-state index is 0.00718. The number of thiophene rings is 1. The van der Waals surface area contributed by atoms with Crippen LogP contribution in [0.4, 0.5) is 0 Å². The van der Waals surface area contributed by atoms with Crippen LogP contribution in [0.2, 0.25) is 0 Å². The molecule has 0 spiro atoms. The van der Waals surface area contributed by atoms with Crippen LogP contribution in [0.3, 0.4) is 0 Å². The van der Waals surface area contributed by atoms with E-state index in [9.17, 15) is 14.4 Å². The second kappa shape index (κ2) is 7.49. The predicted molar refractivity (Wildman–Crippen MR) is 99.5 cm³/mol. The first-order valence-electron chi connectivity index (χ1n) is 7.89. The molecule has 0 fully saturated rings. The van der Waals surface area contributed by atoms with Gasteiger partial charge in [-0.1, -0.05) is 22.0 Å². The Hall–Kier alpha value is -1.99.